The molecule has 0 aliphatic carbocycles. The number of nitrogens with two attached hydrogens (primary N) is 1. The molecule has 1 heterocycles. The van der Waals surface area contributed by atoms with Gasteiger partial charge in [-0.3, -0.25) is 4.79 Å². The molecule has 0 aromatic carbocycles. The van der Waals surface area contributed by atoms with Crippen LogP contribution in [0, 0.1) is 11.8 Å². The first-order valence-electron chi connectivity index (χ1n) is 5.72. The lowest BCUT2D eigenvalue weighted by molar-refractivity contribution is -0.124. The quantitative estimate of drug-likeness (QED) is 0.780. The second-order valence-electron chi connectivity index (χ2n) is 4.61. The smallest absolute Gasteiger partial charge is 0.237 e. The Balaban J connectivity index is 0.00000225. The van der Waals surface area contributed by atoms with Gasteiger partial charge in [-0.1, -0.05) is 13.8 Å². The second-order valence-corrected chi connectivity index (χ2v) is 4.61. The fourth-order valence-electron chi connectivity index (χ4n) is 1.71. The van der Waals surface area contributed by atoms with Crippen LogP contribution in [0.4, 0.5) is 0 Å². The number of ether oxygens (including phenoxy) is 1. The minimum Gasteiger partial charge on any atom is -0.381 e. The third-order valence-corrected chi connectivity index (χ3v) is 2.76. The molecule has 16 heavy (non-hydrogen) atoms. The van der Waals surface area contributed by atoms with Crippen LogP contribution in [-0.4, -0.2) is 31.7 Å². The molecule has 0 aromatic rings. The molecule has 1 aliphatic rings. The van der Waals surface area contributed by atoms with Crippen molar-refractivity contribution in [2.24, 2.45) is 17.6 Å². The third-order valence-electron chi connectivity index (χ3n) is 2.76. The van der Waals surface area contributed by atoms with E-state index in [0.717, 1.165) is 26.1 Å². The lowest BCUT2D eigenvalue weighted by Gasteiger charge is -2.26. The van der Waals surface area contributed by atoms with Gasteiger partial charge in [-0.15, -0.1) is 12.4 Å². The molecule has 3 N–H and O–H groups in total. The molecular formula is C11H23ClN2O2. The van der Waals surface area contributed by atoms with Crippen LogP contribution < -0.4 is 11.1 Å². The van der Waals surface area contributed by atoms with E-state index in [0.29, 0.717) is 12.5 Å². The molecule has 0 spiro atoms. The summed E-state index contributed by atoms with van der Waals surface area (Å²) in [6.45, 7) is 6.31. The molecule has 1 rings (SSSR count). The summed E-state index contributed by atoms with van der Waals surface area (Å²) in [5.74, 6) is 0.734. The van der Waals surface area contributed by atoms with Crippen LogP contribution in [0.5, 0.6) is 0 Å². The van der Waals surface area contributed by atoms with E-state index in [1.807, 2.05) is 0 Å². The summed E-state index contributed by atoms with van der Waals surface area (Å²) in [6.07, 6.45) is 1.80. The molecule has 1 amide bonds. The molecular weight excluding hydrogens is 228 g/mol. The maximum atomic E-state index is 11.7. The largest absolute Gasteiger partial charge is 0.381 e. The van der Waals surface area contributed by atoms with E-state index < -0.39 is 0 Å². The van der Waals surface area contributed by atoms with Gasteiger partial charge in [-0.25, -0.2) is 0 Å². The first kappa shape index (κ1) is 15.7. The first-order chi connectivity index (χ1) is 7.11. The molecule has 1 atom stereocenters. The van der Waals surface area contributed by atoms with Crippen LogP contribution in [0.15, 0.2) is 0 Å². The average Bonchev–Trinajstić information content (AvgIpc) is 2.26. The van der Waals surface area contributed by atoms with Gasteiger partial charge in [0.1, 0.15) is 0 Å². The van der Waals surface area contributed by atoms with Crippen molar-refractivity contribution in [1.29, 1.82) is 0 Å². The normalized spacial score (nSPS) is 19.0. The summed E-state index contributed by atoms with van der Waals surface area (Å²) in [7, 11) is 0. The first-order valence-corrected chi connectivity index (χ1v) is 5.72. The fourth-order valence-corrected chi connectivity index (χ4v) is 1.71. The molecule has 1 aliphatic heterocycles. The lowest BCUT2D eigenvalue weighted by Crippen LogP contribution is -2.47. The van der Waals surface area contributed by atoms with Crippen molar-refractivity contribution in [3.8, 4) is 0 Å². The van der Waals surface area contributed by atoms with E-state index in [1.165, 1.54) is 0 Å². The molecule has 0 radical (unpaired) electrons. The average molecular weight is 251 g/mol. The van der Waals surface area contributed by atoms with Crippen molar-refractivity contribution in [3.05, 3.63) is 0 Å². The summed E-state index contributed by atoms with van der Waals surface area (Å²) < 4.78 is 5.24. The van der Waals surface area contributed by atoms with Gasteiger partial charge in [-0.2, -0.15) is 0 Å². The standard InChI is InChI=1S/C11H22N2O2.ClH/c1-8(2)7-13-11(14)10(12)9-3-5-15-6-4-9;/h8-10H,3-7,12H2,1-2H3,(H,13,14);1H. The zero-order valence-electron chi connectivity index (χ0n) is 10.1. The molecule has 4 nitrogen and oxygen atoms in total. The lowest BCUT2D eigenvalue weighted by atomic mass is 9.92. The molecule has 0 bridgehead atoms. The Labute approximate surface area is 104 Å². The second kappa shape index (κ2) is 7.87. The molecule has 1 saturated heterocycles. The summed E-state index contributed by atoms with van der Waals surface area (Å²) >= 11 is 0. The number of hydrogen-bond donors (Lipinski definition) is 2. The van der Waals surface area contributed by atoms with Crippen molar-refractivity contribution in [1.82, 2.24) is 5.32 Å². The van der Waals surface area contributed by atoms with Gasteiger partial charge in [0, 0.05) is 19.8 Å². The van der Waals surface area contributed by atoms with E-state index in [9.17, 15) is 4.79 Å². The highest BCUT2D eigenvalue weighted by atomic mass is 35.5. The van der Waals surface area contributed by atoms with Gasteiger partial charge in [-0.05, 0) is 24.7 Å². The van der Waals surface area contributed by atoms with Crippen molar-refractivity contribution in [2.45, 2.75) is 32.7 Å². The fraction of sp³-hybridized carbons (Fsp3) is 0.909. The van der Waals surface area contributed by atoms with Crippen molar-refractivity contribution < 1.29 is 9.53 Å². The molecule has 96 valence electrons. The van der Waals surface area contributed by atoms with Crippen LogP contribution in [0.25, 0.3) is 0 Å². The number of carbonyl (C=O) groups is 1. The zero-order valence-corrected chi connectivity index (χ0v) is 10.9. The predicted octanol–water partition coefficient (Wildman–Crippen LogP) is 0.934. The molecule has 5 heteroatoms. The summed E-state index contributed by atoms with van der Waals surface area (Å²) in [5, 5.41) is 2.87. The Morgan fingerprint density at radius 2 is 2.00 bits per heavy atom. The van der Waals surface area contributed by atoms with Gasteiger partial charge in [0.15, 0.2) is 0 Å². The maximum Gasteiger partial charge on any atom is 0.237 e. The predicted molar refractivity (Wildman–Crippen MR) is 66.6 cm³/mol. The Kier molecular flexibility index (Phi) is 7.72. The highest BCUT2D eigenvalue weighted by Gasteiger charge is 2.26. The highest BCUT2D eigenvalue weighted by Crippen LogP contribution is 2.17. The van der Waals surface area contributed by atoms with Crippen molar-refractivity contribution in [3.63, 3.8) is 0 Å². The van der Waals surface area contributed by atoms with Gasteiger partial charge >= 0.3 is 0 Å². The highest BCUT2D eigenvalue weighted by molar-refractivity contribution is 5.85. The van der Waals surface area contributed by atoms with E-state index in [1.54, 1.807) is 0 Å². The SMILES string of the molecule is CC(C)CNC(=O)C(N)C1CCOCC1.Cl. The monoisotopic (exact) mass is 250 g/mol. The maximum absolute atomic E-state index is 11.7. The van der Waals surface area contributed by atoms with Gasteiger partial charge in [0.05, 0.1) is 6.04 Å². The van der Waals surface area contributed by atoms with Crippen LogP contribution in [0.3, 0.4) is 0 Å². The Morgan fingerprint density at radius 3 is 2.50 bits per heavy atom. The van der Waals surface area contributed by atoms with Crippen LogP contribution in [0.2, 0.25) is 0 Å². The topological polar surface area (TPSA) is 64.4 Å². The van der Waals surface area contributed by atoms with Gasteiger partial charge < -0.3 is 15.8 Å². The van der Waals surface area contributed by atoms with E-state index in [2.05, 4.69) is 19.2 Å². The van der Waals surface area contributed by atoms with Crippen LogP contribution >= 0.6 is 12.4 Å². The van der Waals surface area contributed by atoms with Crippen LogP contribution in [-0.2, 0) is 9.53 Å². The Hall–Kier alpha value is -0.320. The Morgan fingerprint density at radius 1 is 1.44 bits per heavy atom. The number of hydrogen-bond acceptors (Lipinski definition) is 3. The van der Waals surface area contributed by atoms with Gasteiger partial charge in [0.25, 0.3) is 0 Å². The number of halogens is 1. The van der Waals surface area contributed by atoms with E-state index in [-0.39, 0.29) is 30.3 Å². The number of carbonyl (C=O) groups excluding carboxylic acids is 1. The number of nitrogens with one attached hydrogen (secondary N) is 1. The van der Waals surface area contributed by atoms with Crippen molar-refractivity contribution in [2.75, 3.05) is 19.8 Å². The summed E-state index contributed by atoms with van der Waals surface area (Å²) in [6, 6.07) is -0.368. The number of rotatable bonds is 4. The summed E-state index contributed by atoms with van der Waals surface area (Å²) in [4.78, 5) is 11.7. The molecule has 0 aromatic heterocycles. The van der Waals surface area contributed by atoms with Crippen molar-refractivity contribution >= 4 is 18.3 Å². The van der Waals surface area contributed by atoms with Gasteiger partial charge in [0.2, 0.25) is 5.91 Å². The Bertz CT molecular complexity index is 206. The summed E-state index contributed by atoms with van der Waals surface area (Å²) in [5.41, 5.74) is 5.91. The van der Waals surface area contributed by atoms with E-state index in [4.69, 9.17) is 10.5 Å². The molecule has 1 fully saturated rings. The zero-order chi connectivity index (χ0) is 11.3. The minimum absolute atomic E-state index is 0. The molecule has 1 unspecified atom stereocenters. The molecule has 0 saturated carbocycles. The minimum atomic E-state index is -0.368. The van der Waals surface area contributed by atoms with Crippen LogP contribution in [0.1, 0.15) is 26.7 Å². The number of amides is 1. The van der Waals surface area contributed by atoms with E-state index >= 15 is 0 Å². The third kappa shape index (κ3) is 5.14.